The van der Waals surface area contributed by atoms with Gasteiger partial charge in [-0.2, -0.15) is 0 Å². The van der Waals surface area contributed by atoms with Crippen LogP contribution in [0.3, 0.4) is 0 Å². The topological polar surface area (TPSA) is 73.0 Å². The van der Waals surface area contributed by atoms with Gasteiger partial charge in [-0.1, -0.05) is 6.07 Å². The summed E-state index contributed by atoms with van der Waals surface area (Å²) in [6, 6.07) is 7.43. The number of nitrogens with one attached hydrogen (secondary N) is 1. The summed E-state index contributed by atoms with van der Waals surface area (Å²) >= 11 is 0. The van der Waals surface area contributed by atoms with Crippen LogP contribution in [0.4, 0.5) is 11.4 Å². The van der Waals surface area contributed by atoms with Crippen LogP contribution >= 0.6 is 0 Å². The number of benzene rings is 1. The lowest BCUT2D eigenvalue weighted by Gasteiger charge is -2.21. The Morgan fingerprint density at radius 3 is 2.65 bits per heavy atom. The van der Waals surface area contributed by atoms with Gasteiger partial charge in [-0.3, -0.25) is 19.3 Å². The summed E-state index contributed by atoms with van der Waals surface area (Å²) in [4.78, 5) is 41.4. The maximum atomic E-state index is 12.4. The molecule has 1 aromatic carbocycles. The van der Waals surface area contributed by atoms with Gasteiger partial charge < -0.3 is 15.1 Å². The Hall–Kier alpha value is -2.41. The fourth-order valence-electron chi connectivity index (χ4n) is 3.52. The number of anilines is 2. The Balaban J connectivity index is 1.55. The summed E-state index contributed by atoms with van der Waals surface area (Å²) in [5.74, 6) is 0.142. The summed E-state index contributed by atoms with van der Waals surface area (Å²) in [5.41, 5.74) is 1.53. The maximum Gasteiger partial charge on any atom is 0.238 e. The minimum atomic E-state index is -0.0776. The molecule has 26 heavy (non-hydrogen) atoms. The molecule has 0 unspecified atom stereocenters. The molecule has 7 nitrogen and oxygen atoms in total. The molecule has 0 atom stereocenters. The van der Waals surface area contributed by atoms with Crippen LogP contribution in [-0.2, 0) is 14.4 Å². The van der Waals surface area contributed by atoms with Gasteiger partial charge in [0, 0.05) is 57.4 Å². The standard InChI is InChI=1S/C19H26N4O3/c1-15(24)22-9-4-8-21(11-12-22)14-18(25)20-16-5-2-6-17(13-16)23-10-3-7-19(23)26/h2,5-6,13H,3-4,7-12,14H2,1H3,(H,20,25). The van der Waals surface area contributed by atoms with E-state index in [1.54, 1.807) is 11.8 Å². The van der Waals surface area contributed by atoms with Gasteiger partial charge in [0.05, 0.1) is 6.54 Å². The molecule has 3 rings (SSSR count). The zero-order chi connectivity index (χ0) is 18.5. The van der Waals surface area contributed by atoms with Crippen LogP contribution in [0.15, 0.2) is 24.3 Å². The van der Waals surface area contributed by atoms with Crippen LogP contribution in [0.5, 0.6) is 0 Å². The molecule has 2 aliphatic heterocycles. The molecule has 0 bridgehead atoms. The van der Waals surface area contributed by atoms with Gasteiger partial charge in [0.15, 0.2) is 0 Å². The molecule has 0 spiro atoms. The van der Waals surface area contributed by atoms with E-state index in [1.165, 1.54) is 0 Å². The molecule has 0 aliphatic carbocycles. The summed E-state index contributed by atoms with van der Waals surface area (Å²) in [6.45, 7) is 5.54. The molecule has 3 amide bonds. The van der Waals surface area contributed by atoms with Crippen molar-refractivity contribution >= 4 is 29.1 Å². The molecule has 0 radical (unpaired) electrons. The fourth-order valence-corrected chi connectivity index (χ4v) is 3.52. The number of amides is 3. The first-order chi connectivity index (χ1) is 12.5. The predicted molar refractivity (Wildman–Crippen MR) is 100.0 cm³/mol. The highest BCUT2D eigenvalue weighted by Gasteiger charge is 2.22. The molecule has 1 N–H and O–H groups in total. The van der Waals surface area contributed by atoms with Crippen LogP contribution in [0.25, 0.3) is 0 Å². The van der Waals surface area contributed by atoms with E-state index in [1.807, 2.05) is 29.2 Å². The van der Waals surface area contributed by atoms with E-state index in [4.69, 9.17) is 0 Å². The minimum Gasteiger partial charge on any atom is -0.342 e. The first kappa shape index (κ1) is 18.4. The first-order valence-corrected chi connectivity index (χ1v) is 9.21. The molecule has 0 saturated carbocycles. The van der Waals surface area contributed by atoms with Crippen molar-refractivity contribution in [3.05, 3.63) is 24.3 Å². The summed E-state index contributed by atoms with van der Waals surface area (Å²) < 4.78 is 0. The van der Waals surface area contributed by atoms with E-state index < -0.39 is 0 Å². The van der Waals surface area contributed by atoms with Crippen molar-refractivity contribution in [2.75, 3.05) is 49.5 Å². The summed E-state index contributed by atoms with van der Waals surface area (Å²) in [7, 11) is 0. The van der Waals surface area contributed by atoms with Crippen molar-refractivity contribution in [2.24, 2.45) is 0 Å². The lowest BCUT2D eigenvalue weighted by Crippen LogP contribution is -2.37. The molecule has 7 heteroatoms. The van der Waals surface area contributed by atoms with E-state index >= 15 is 0 Å². The second-order valence-corrected chi connectivity index (χ2v) is 6.88. The van der Waals surface area contributed by atoms with Crippen molar-refractivity contribution in [1.82, 2.24) is 9.80 Å². The summed E-state index contributed by atoms with van der Waals surface area (Å²) in [5, 5.41) is 2.92. The molecule has 2 saturated heterocycles. The van der Waals surface area contributed by atoms with Crippen LogP contribution in [-0.4, -0.2) is 66.8 Å². The van der Waals surface area contributed by atoms with Crippen molar-refractivity contribution in [1.29, 1.82) is 0 Å². The molecule has 2 fully saturated rings. The second-order valence-electron chi connectivity index (χ2n) is 6.88. The third kappa shape index (κ3) is 4.60. The maximum absolute atomic E-state index is 12.4. The number of hydrogen-bond donors (Lipinski definition) is 1. The molecule has 140 valence electrons. The zero-order valence-electron chi connectivity index (χ0n) is 15.2. The number of rotatable bonds is 4. The van der Waals surface area contributed by atoms with E-state index in [0.717, 1.165) is 38.2 Å². The molecule has 2 aliphatic rings. The first-order valence-electron chi connectivity index (χ1n) is 9.21. The SMILES string of the molecule is CC(=O)N1CCCN(CC(=O)Nc2cccc(N3CCCC3=O)c2)CC1. The van der Waals surface area contributed by atoms with Crippen LogP contribution in [0, 0.1) is 0 Å². The zero-order valence-corrected chi connectivity index (χ0v) is 15.2. The highest BCUT2D eigenvalue weighted by atomic mass is 16.2. The van der Waals surface area contributed by atoms with E-state index in [2.05, 4.69) is 10.2 Å². The third-order valence-electron chi connectivity index (χ3n) is 4.92. The van der Waals surface area contributed by atoms with Crippen LogP contribution in [0.1, 0.15) is 26.2 Å². The normalized spacial score (nSPS) is 18.7. The predicted octanol–water partition coefficient (Wildman–Crippen LogP) is 1.31. The third-order valence-corrected chi connectivity index (χ3v) is 4.92. The Bertz CT molecular complexity index is 691. The largest absolute Gasteiger partial charge is 0.342 e. The van der Waals surface area contributed by atoms with Gasteiger partial charge in [0.1, 0.15) is 0 Å². The smallest absolute Gasteiger partial charge is 0.238 e. The van der Waals surface area contributed by atoms with Crippen molar-refractivity contribution in [3.63, 3.8) is 0 Å². The highest BCUT2D eigenvalue weighted by Crippen LogP contribution is 2.24. The monoisotopic (exact) mass is 358 g/mol. The van der Waals surface area contributed by atoms with Gasteiger partial charge in [-0.25, -0.2) is 0 Å². The molecule has 0 aromatic heterocycles. The molecule has 2 heterocycles. The van der Waals surface area contributed by atoms with Gasteiger partial charge in [0.2, 0.25) is 17.7 Å². The Kier molecular flexibility index (Phi) is 5.88. The van der Waals surface area contributed by atoms with Crippen molar-refractivity contribution in [3.8, 4) is 0 Å². The number of hydrogen-bond acceptors (Lipinski definition) is 4. The Morgan fingerprint density at radius 2 is 1.92 bits per heavy atom. The number of carbonyl (C=O) groups excluding carboxylic acids is 3. The average molecular weight is 358 g/mol. The Morgan fingerprint density at radius 1 is 1.08 bits per heavy atom. The number of carbonyl (C=O) groups is 3. The quantitative estimate of drug-likeness (QED) is 0.881. The lowest BCUT2D eigenvalue weighted by atomic mass is 10.2. The van der Waals surface area contributed by atoms with E-state index in [0.29, 0.717) is 31.7 Å². The van der Waals surface area contributed by atoms with Crippen molar-refractivity contribution < 1.29 is 14.4 Å². The number of nitrogens with zero attached hydrogens (tertiary/aromatic N) is 3. The second kappa shape index (κ2) is 8.31. The van der Waals surface area contributed by atoms with Crippen LogP contribution < -0.4 is 10.2 Å². The van der Waals surface area contributed by atoms with E-state index in [9.17, 15) is 14.4 Å². The molecule has 1 aromatic rings. The van der Waals surface area contributed by atoms with Crippen molar-refractivity contribution in [2.45, 2.75) is 26.2 Å². The average Bonchev–Trinajstić information content (AvgIpc) is 2.89. The highest BCUT2D eigenvalue weighted by molar-refractivity contribution is 5.97. The van der Waals surface area contributed by atoms with Gasteiger partial charge in [-0.05, 0) is 31.0 Å². The van der Waals surface area contributed by atoms with E-state index in [-0.39, 0.29) is 17.7 Å². The van der Waals surface area contributed by atoms with Gasteiger partial charge >= 0.3 is 0 Å². The lowest BCUT2D eigenvalue weighted by molar-refractivity contribution is -0.128. The Labute approximate surface area is 153 Å². The van der Waals surface area contributed by atoms with Gasteiger partial charge in [0.25, 0.3) is 0 Å². The summed E-state index contributed by atoms with van der Waals surface area (Å²) in [6.07, 6.45) is 2.34. The minimum absolute atomic E-state index is 0.0776. The molecular weight excluding hydrogens is 332 g/mol. The van der Waals surface area contributed by atoms with Crippen LogP contribution in [0.2, 0.25) is 0 Å². The van der Waals surface area contributed by atoms with Gasteiger partial charge in [-0.15, -0.1) is 0 Å². The molecular formula is C19H26N4O3. The fraction of sp³-hybridized carbons (Fsp3) is 0.526.